The highest BCUT2D eigenvalue weighted by atomic mass is 35.5. The molecule has 0 amide bonds. The summed E-state index contributed by atoms with van der Waals surface area (Å²) < 4.78 is 1.69. The molecule has 2 N–H and O–H groups in total. The molecule has 0 spiro atoms. The highest BCUT2D eigenvalue weighted by Gasteiger charge is 2.12. The average Bonchev–Trinajstić information content (AvgIpc) is 2.63. The summed E-state index contributed by atoms with van der Waals surface area (Å²) in [5, 5.41) is 13.0. The smallest absolute Gasteiger partial charge is 0.222 e. The minimum Gasteiger partial charge on any atom is -0.368 e. The molecule has 0 aromatic carbocycles. The van der Waals surface area contributed by atoms with Crippen molar-refractivity contribution >= 4 is 29.3 Å². The van der Waals surface area contributed by atoms with Crippen LogP contribution in [-0.4, -0.2) is 30.2 Å². The van der Waals surface area contributed by atoms with Crippen molar-refractivity contribution in [1.82, 2.24) is 30.2 Å². The number of aromatic nitrogens is 6. The van der Waals surface area contributed by atoms with Crippen molar-refractivity contribution in [3.8, 4) is 0 Å². The summed E-state index contributed by atoms with van der Waals surface area (Å²) in [4.78, 5) is 7.83. The van der Waals surface area contributed by atoms with E-state index in [9.17, 15) is 0 Å². The predicted octanol–water partition coefficient (Wildman–Crippen LogP) is 1.43. The first-order chi connectivity index (χ1) is 8.06. The monoisotopic (exact) mass is 271 g/mol. The van der Waals surface area contributed by atoms with Crippen molar-refractivity contribution in [1.29, 1.82) is 0 Å². The number of halogens is 1. The average molecular weight is 272 g/mol. The highest BCUT2D eigenvalue weighted by Crippen LogP contribution is 2.26. The molecule has 0 bridgehead atoms. The molecule has 0 fully saturated rings. The van der Waals surface area contributed by atoms with Crippen LogP contribution in [0.15, 0.2) is 16.2 Å². The van der Waals surface area contributed by atoms with Crippen LogP contribution in [0, 0.1) is 0 Å². The van der Waals surface area contributed by atoms with E-state index in [0.29, 0.717) is 15.3 Å². The van der Waals surface area contributed by atoms with Gasteiger partial charge in [0.05, 0.1) is 6.04 Å². The van der Waals surface area contributed by atoms with Crippen LogP contribution < -0.4 is 5.73 Å². The molecule has 0 unspecified atom stereocenters. The normalized spacial score (nSPS) is 11.1. The van der Waals surface area contributed by atoms with Crippen LogP contribution in [-0.2, 0) is 0 Å². The van der Waals surface area contributed by atoms with Crippen molar-refractivity contribution in [3.05, 3.63) is 11.2 Å². The second-order valence-corrected chi connectivity index (χ2v) is 4.86. The Bertz CT molecular complexity index is 506. The number of tetrazole rings is 1. The second kappa shape index (κ2) is 4.84. The van der Waals surface area contributed by atoms with E-state index in [1.807, 2.05) is 13.8 Å². The molecule has 17 heavy (non-hydrogen) atoms. The molecule has 0 aliphatic rings. The molecule has 9 heteroatoms. The number of nitrogen functional groups attached to an aromatic ring is 1. The lowest BCUT2D eigenvalue weighted by atomic mass is 10.4. The summed E-state index contributed by atoms with van der Waals surface area (Å²) in [6.07, 6.45) is 0. The number of rotatable bonds is 3. The third-order valence-electron chi connectivity index (χ3n) is 1.84. The van der Waals surface area contributed by atoms with Gasteiger partial charge in [-0.3, -0.25) is 0 Å². The predicted molar refractivity (Wildman–Crippen MR) is 63.8 cm³/mol. The van der Waals surface area contributed by atoms with E-state index in [1.54, 1.807) is 10.7 Å². The van der Waals surface area contributed by atoms with Crippen LogP contribution in [0.1, 0.15) is 19.9 Å². The van der Waals surface area contributed by atoms with Gasteiger partial charge in [0, 0.05) is 6.07 Å². The molecule has 2 aromatic rings. The lowest BCUT2D eigenvalue weighted by Gasteiger charge is -2.06. The van der Waals surface area contributed by atoms with Gasteiger partial charge < -0.3 is 5.73 Å². The summed E-state index contributed by atoms with van der Waals surface area (Å²) in [5.74, 6) is 0.128. The van der Waals surface area contributed by atoms with Crippen LogP contribution in [0.2, 0.25) is 5.15 Å². The quantitative estimate of drug-likeness (QED) is 0.844. The molecule has 0 saturated carbocycles. The molecule has 0 aliphatic heterocycles. The van der Waals surface area contributed by atoms with Crippen molar-refractivity contribution in [2.24, 2.45) is 0 Å². The first-order valence-electron chi connectivity index (χ1n) is 4.82. The Kier molecular flexibility index (Phi) is 3.43. The van der Waals surface area contributed by atoms with E-state index < -0.39 is 0 Å². The number of hydrogen-bond acceptors (Lipinski definition) is 7. The van der Waals surface area contributed by atoms with Crippen LogP contribution in [0.5, 0.6) is 0 Å². The zero-order valence-corrected chi connectivity index (χ0v) is 10.8. The molecule has 0 aliphatic carbocycles. The Hall–Kier alpha value is -1.41. The van der Waals surface area contributed by atoms with E-state index >= 15 is 0 Å². The lowest BCUT2D eigenvalue weighted by Crippen LogP contribution is -2.05. The number of nitrogens with zero attached hydrogens (tertiary/aromatic N) is 6. The Morgan fingerprint density at radius 2 is 2.18 bits per heavy atom. The maximum absolute atomic E-state index is 5.79. The van der Waals surface area contributed by atoms with Crippen molar-refractivity contribution in [2.75, 3.05) is 5.73 Å². The van der Waals surface area contributed by atoms with Gasteiger partial charge in [-0.1, -0.05) is 11.6 Å². The first-order valence-corrected chi connectivity index (χ1v) is 6.01. The summed E-state index contributed by atoms with van der Waals surface area (Å²) in [6.45, 7) is 3.98. The molecular weight excluding hydrogens is 262 g/mol. The van der Waals surface area contributed by atoms with E-state index in [0.717, 1.165) is 0 Å². The van der Waals surface area contributed by atoms with Gasteiger partial charge >= 0.3 is 0 Å². The molecule has 0 saturated heterocycles. The summed E-state index contributed by atoms with van der Waals surface area (Å²) in [6, 6.07) is 1.78. The van der Waals surface area contributed by atoms with Gasteiger partial charge in [0.15, 0.2) is 0 Å². The third-order valence-corrected chi connectivity index (χ3v) is 2.90. The fourth-order valence-corrected chi connectivity index (χ4v) is 2.31. The van der Waals surface area contributed by atoms with Crippen LogP contribution >= 0.6 is 23.4 Å². The van der Waals surface area contributed by atoms with Crippen molar-refractivity contribution < 1.29 is 0 Å². The maximum atomic E-state index is 5.79. The molecule has 0 radical (unpaired) electrons. The summed E-state index contributed by atoms with van der Waals surface area (Å²) in [7, 11) is 0. The van der Waals surface area contributed by atoms with Gasteiger partial charge in [-0.05, 0) is 36.0 Å². The van der Waals surface area contributed by atoms with Crippen LogP contribution in [0.3, 0.4) is 0 Å². The van der Waals surface area contributed by atoms with Gasteiger partial charge in [0.25, 0.3) is 0 Å². The van der Waals surface area contributed by atoms with Crippen molar-refractivity contribution in [2.45, 2.75) is 30.1 Å². The van der Waals surface area contributed by atoms with Crippen LogP contribution in [0.25, 0.3) is 0 Å². The molecule has 2 heterocycles. The molecule has 90 valence electrons. The SMILES string of the molecule is CC(C)n1nnnc1Sc1cc(Cl)nc(N)n1. The Morgan fingerprint density at radius 1 is 1.41 bits per heavy atom. The van der Waals surface area contributed by atoms with Gasteiger partial charge in [0.1, 0.15) is 10.2 Å². The molecule has 0 atom stereocenters. The van der Waals surface area contributed by atoms with Gasteiger partial charge in [-0.25, -0.2) is 14.6 Å². The maximum Gasteiger partial charge on any atom is 0.222 e. The van der Waals surface area contributed by atoms with Crippen molar-refractivity contribution in [3.63, 3.8) is 0 Å². The molecule has 7 nitrogen and oxygen atoms in total. The largest absolute Gasteiger partial charge is 0.368 e. The summed E-state index contributed by atoms with van der Waals surface area (Å²) in [5.41, 5.74) is 5.51. The van der Waals surface area contributed by atoms with Gasteiger partial charge in [0.2, 0.25) is 11.1 Å². The van der Waals surface area contributed by atoms with E-state index in [1.165, 1.54) is 11.8 Å². The number of anilines is 1. The number of nitrogens with two attached hydrogens (primary N) is 1. The Balaban J connectivity index is 2.28. The fraction of sp³-hybridized carbons (Fsp3) is 0.375. The van der Waals surface area contributed by atoms with E-state index in [4.69, 9.17) is 17.3 Å². The van der Waals surface area contributed by atoms with Crippen LogP contribution in [0.4, 0.5) is 5.95 Å². The first kappa shape index (κ1) is 12.1. The number of hydrogen-bond donors (Lipinski definition) is 1. The van der Waals surface area contributed by atoms with E-state index in [2.05, 4.69) is 25.5 Å². The minimum atomic E-state index is 0.128. The summed E-state index contributed by atoms with van der Waals surface area (Å²) >= 11 is 7.08. The minimum absolute atomic E-state index is 0.128. The highest BCUT2D eigenvalue weighted by molar-refractivity contribution is 7.99. The topological polar surface area (TPSA) is 95.4 Å². The zero-order valence-electron chi connectivity index (χ0n) is 9.20. The lowest BCUT2D eigenvalue weighted by molar-refractivity contribution is 0.477. The molecular formula is C8H10ClN7S. The van der Waals surface area contributed by atoms with E-state index in [-0.39, 0.29) is 12.0 Å². The third kappa shape index (κ3) is 2.83. The Labute approximate surface area is 107 Å². The molecule has 2 aromatic heterocycles. The second-order valence-electron chi connectivity index (χ2n) is 3.49. The Morgan fingerprint density at radius 3 is 2.82 bits per heavy atom. The zero-order chi connectivity index (χ0) is 12.4. The van der Waals surface area contributed by atoms with Gasteiger partial charge in [-0.15, -0.1) is 5.10 Å². The molecule has 2 rings (SSSR count). The fourth-order valence-electron chi connectivity index (χ4n) is 1.14. The standard InChI is InChI=1S/C8H10ClN7S/c1-4(2)16-8(13-14-15-16)17-6-3-5(9)11-7(10)12-6/h3-4H,1-2H3,(H2,10,11,12). The van der Waals surface area contributed by atoms with Gasteiger partial charge in [-0.2, -0.15) is 0 Å².